The molecule has 0 saturated heterocycles. The minimum Gasteiger partial charge on any atom is -0.455 e. The van der Waals surface area contributed by atoms with Crippen LogP contribution in [0.15, 0.2) is 12.2 Å². The molecule has 0 spiro atoms. The van der Waals surface area contributed by atoms with Crippen molar-refractivity contribution in [1.29, 1.82) is 0 Å². The first-order valence-corrected chi connectivity index (χ1v) is 10.2. The number of esters is 2. The van der Waals surface area contributed by atoms with E-state index in [-0.39, 0.29) is 0 Å². The smallest absolute Gasteiger partial charge is 0.355 e. The lowest BCUT2D eigenvalue weighted by Gasteiger charge is -2.21. The molecule has 158 valence electrons. The van der Waals surface area contributed by atoms with E-state index in [0.717, 1.165) is 24.0 Å². The van der Waals surface area contributed by atoms with Crippen LogP contribution in [0.3, 0.4) is 0 Å². The maximum absolute atomic E-state index is 12.9. The number of hydrogen-bond donors (Lipinski definition) is 0. The molecule has 2 rings (SSSR count). The number of aromatic nitrogens is 1. The second kappa shape index (κ2) is 9.44. The Kier molecular flexibility index (Phi) is 8.09. The van der Waals surface area contributed by atoms with Crippen molar-refractivity contribution in [2.24, 2.45) is 7.05 Å². The molecule has 0 aliphatic heterocycles. The summed E-state index contributed by atoms with van der Waals surface area (Å²) in [7, 11) is 1.75. The summed E-state index contributed by atoms with van der Waals surface area (Å²) in [5, 5.41) is 0. The van der Waals surface area contributed by atoms with Crippen molar-refractivity contribution >= 4 is 11.9 Å². The molecule has 0 unspecified atom stereocenters. The molecule has 1 aromatic rings. The minimum absolute atomic E-state index is 0.393. The molecule has 1 aromatic heterocycles. The van der Waals surface area contributed by atoms with E-state index in [1.54, 1.807) is 11.6 Å². The highest BCUT2D eigenvalue weighted by Crippen LogP contribution is 2.30. The van der Waals surface area contributed by atoms with Crippen LogP contribution in [0.1, 0.15) is 100 Å². The Labute approximate surface area is 170 Å². The highest BCUT2D eigenvalue weighted by atomic mass is 16.6. The molecule has 0 atom stereocenters. The average Bonchev–Trinajstić information content (AvgIpc) is 2.77. The van der Waals surface area contributed by atoms with Gasteiger partial charge in [-0.25, -0.2) is 9.59 Å². The third kappa shape index (κ3) is 6.25. The minimum atomic E-state index is -0.595. The molecule has 1 aliphatic rings. The Hall–Kier alpha value is -2.04. The number of hydrogen-bond acceptors (Lipinski definition) is 4. The van der Waals surface area contributed by atoms with Gasteiger partial charge >= 0.3 is 11.9 Å². The number of carbonyl (C=O) groups excluding carboxylic acids is 2. The molecule has 0 radical (unpaired) electrons. The third-order valence-corrected chi connectivity index (χ3v) is 4.08. The molecule has 0 aromatic carbocycles. The van der Waals surface area contributed by atoms with E-state index in [0.29, 0.717) is 24.2 Å². The molecular weight excluding hydrogens is 354 g/mol. The number of rotatable bonds is 2. The van der Waals surface area contributed by atoms with Crippen molar-refractivity contribution in [3.63, 3.8) is 0 Å². The first kappa shape index (κ1) is 24.0. The zero-order valence-corrected chi connectivity index (χ0v) is 19.1. The molecule has 28 heavy (non-hydrogen) atoms. The quantitative estimate of drug-likeness (QED) is 0.500. The van der Waals surface area contributed by atoms with Gasteiger partial charge in [-0.1, -0.05) is 26.0 Å². The predicted octanol–water partition coefficient (Wildman–Crippen LogP) is 5.40. The molecule has 0 saturated carbocycles. The summed E-state index contributed by atoms with van der Waals surface area (Å²) in [6.45, 7) is 15.1. The van der Waals surface area contributed by atoms with Crippen molar-refractivity contribution in [3.05, 3.63) is 34.7 Å². The first-order chi connectivity index (χ1) is 12.9. The molecule has 1 aliphatic carbocycles. The topological polar surface area (TPSA) is 57.5 Å². The van der Waals surface area contributed by atoms with Gasteiger partial charge in [0, 0.05) is 7.05 Å². The predicted molar refractivity (Wildman–Crippen MR) is 113 cm³/mol. The van der Waals surface area contributed by atoms with Gasteiger partial charge in [-0.3, -0.25) is 0 Å². The Morgan fingerprint density at radius 2 is 1.11 bits per heavy atom. The van der Waals surface area contributed by atoms with E-state index in [1.807, 2.05) is 55.4 Å². The van der Waals surface area contributed by atoms with Gasteiger partial charge in [-0.2, -0.15) is 0 Å². The van der Waals surface area contributed by atoms with Gasteiger partial charge in [0.1, 0.15) is 22.6 Å². The van der Waals surface area contributed by atoms with Crippen LogP contribution >= 0.6 is 0 Å². The largest absolute Gasteiger partial charge is 0.455 e. The first-order valence-electron chi connectivity index (χ1n) is 10.2. The SMILES string of the molecule is CC.Cn1c(C(=O)OC(C)(C)C)c2c(c1C(=O)OC(C)(C)C)CC/C=C\CC2. The van der Waals surface area contributed by atoms with Crippen molar-refractivity contribution in [1.82, 2.24) is 4.57 Å². The number of allylic oxidation sites excluding steroid dienone is 2. The fraction of sp³-hybridized carbons (Fsp3) is 0.652. The van der Waals surface area contributed by atoms with E-state index in [9.17, 15) is 9.59 Å². The lowest BCUT2D eigenvalue weighted by atomic mass is 9.96. The summed E-state index contributed by atoms with van der Waals surface area (Å²) in [5.41, 5.74) is 1.56. The normalized spacial score (nSPS) is 15.3. The summed E-state index contributed by atoms with van der Waals surface area (Å²) in [6, 6.07) is 0. The van der Waals surface area contributed by atoms with Gasteiger partial charge in [0.2, 0.25) is 0 Å². The monoisotopic (exact) mass is 391 g/mol. The van der Waals surface area contributed by atoms with Crippen molar-refractivity contribution in [2.75, 3.05) is 0 Å². The second-order valence-electron chi connectivity index (χ2n) is 8.77. The fourth-order valence-corrected chi connectivity index (χ4v) is 3.21. The van der Waals surface area contributed by atoms with Crippen LogP contribution in [-0.2, 0) is 29.4 Å². The van der Waals surface area contributed by atoms with Crippen molar-refractivity contribution in [2.45, 2.75) is 92.3 Å². The van der Waals surface area contributed by atoms with Crippen LogP contribution in [0.4, 0.5) is 0 Å². The van der Waals surface area contributed by atoms with Gasteiger partial charge < -0.3 is 14.0 Å². The average molecular weight is 392 g/mol. The van der Waals surface area contributed by atoms with Gasteiger partial charge in [0.05, 0.1) is 0 Å². The Morgan fingerprint density at radius 3 is 1.39 bits per heavy atom. The molecule has 1 heterocycles. The van der Waals surface area contributed by atoms with E-state index < -0.39 is 23.1 Å². The van der Waals surface area contributed by atoms with E-state index >= 15 is 0 Å². The zero-order chi connectivity index (χ0) is 21.7. The summed E-state index contributed by atoms with van der Waals surface area (Å²) in [6.07, 6.45) is 7.33. The van der Waals surface area contributed by atoms with Gasteiger partial charge in [0.15, 0.2) is 0 Å². The number of fused-ring (bicyclic) bond motifs is 1. The summed E-state index contributed by atoms with van der Waals surface area (Å²) in [4.78, 5) is 25.7. The zero-order valence-electron chi connectivity index (χ0n) is 19.1. The van der Waals surface area contributed by atoms with Crippen LogP contribution in [0.5, 0.6) is 0 Å². The van der Waals surface area contributed by atoms with Crippen molar-refractivity contribution < 1.29 is 19.1 Å². The molecule has 5 nitrogen and oxygen atoms in total. The molecule has 0 bridgehead atoms. The maximum Gasteiger partial charge on any atom is 0.355 e. The third-order valence-electron chi connectivity index (χ3n) is 4.08. The summed E-state index contributed by atoms with van der Waals surface area (Å²) >= 11 is 0. The van der Waals surface area contributed by atoms with E-state index in [4.69, 9.17) is 9.47 Å². The van der Waals surface area contributed by atoms with E-state index in [1.165, 1.54) is 0 Å². The molecule has 0 amide bonds. The Bertz CT molecular complexity index is 668. The van der Waals surface area contributed by atoms with E-state index in [2.05, 4.69) is 12.2 Å². The number of nitrogens with zero attached hydrogens (tertiary/aromatic N) is 1. The lowest BCUT2D eigenvalue weighted by Crippen LogP contribution is -2.27. The molecule has 5 heteroatoms. The highest BCUT2D eigenvalue weighted by molar-refractivity contribution is 5.97. The fourth-order valence-electron chi connectivity index (χ4n) is 3.21. The van der Waals surface area contributed by atoms with Crippen LogP contribution < -0.4 is 0 Å². The highest BCUT2D eigenvalue weighted by Gasteiger charge is 2.33. The second-order valence-corrected chi connectivity index (χ2v) is 8.77. The van der Waals surface area contributed by atoms with Crippen LogP contribution in [-0.4, -0.2) is 27.7 Å². The molecule has 0 fully saturated rings. The van der Waals surface area contributed by atoms with Gasteiger partial charge in [0.25, 0.3) is 0 Å². The Morgan fingerprint density at radius 1 is 0.786 bits per heavy atom. The Balaban J connectivity index is 0.00000190. The van der Waals surface area contributed by atoms with Crippen LogP contribution in [0.25, 0.3) is 0 Å². The summed E-state index contributed by atoms with van der Waals surface area (Å²) in [5.74, 6) is -0.786. The maximum atomic E-state index is 12.9. The van der Waals surface area contributed by atoms with Gasteiger partial charge in [-0.15, -0.1) is 0 Å². The standard InChI is InChI=1S/C21H31NO4.C2H6/c1-20(2,3)25-18(23)16-14-12-10-8-9-11-13-15(14)17(22(16)7)19(24)26-21(4,5)6;1-2/h8-9H,10-13H2,1-7H3;1-2H3/b9-8-;. The number of ether oxygens (including phenoxy) is 2. The van der Waals surface area contributed by atoms with Crippen LogP contribution in [0, 0.1) is 0 Å². The van der Waals surface area contributed by atoms with Crippen molar-refractivity contribution in [3.8, 4) is 0 Å². The summed E-state index contributed by atoms with van der Waals surface area (Å²) < 4.78 is 12.9. The van der Waals surface area contributed by atoms with Gasteiger partial charge in [-0.05, 0) is 78.4 Å². The number of carbonyl (C=O) groups is 2. The van der Waals surface area contributed by atoms with Crippen LogP contribution in [0.2, 0.25) is 0 Å². The molecular formula is C23H37NO4. The lowest BCUT2D eigenvalue weighted by molar-refractivity contribution is 0.00524. The molecule has 0 N–H and O–H groups in total.